The van der Waals surface area contributed by atoms with Gasteiger partial charge in [0, 0.05) is 19.1 Å². The zero-order valence-corrected chi connectivity index (χ0v) is 11.8. The minimum atomic E-state index is 0.0665. The van der Waals surface area contributed by atoms with Crippen molar-refractivity contribution in [2.45, 2.75) is 46.1 Å². The molecule has 2 heterocycles. The highest BCUT2D eigenvalue weighted by Crippen LogP contribution is 2.31. The van der Waals surface area contributed by atoms with Crippen LogP contribution in [0.25, 0.3) is 0 Å². The first kappa shape index (κ1) is 13.3. The molecule has 0 saturated carbocycles. The Morgan fingerprint density at radius 3 is 2.78 bits per heavy atom. The first-order valence-corrected chi connectivity index (χ1v) is 6.98. The number of hydrogen-bond acceptors (Lipinski definition) is 3. The number of hydrogen-bond donors (Lipinski definition) is 1. The molecule has 0 aromatic carbocycles. The van der Waals surface area contributed by atoms with E-state index in [1.165, 1.54) is 18.5 Å². The van der Waals surface area contributed by atoms with E-state index in [1.54, 1.807) is 0 Å². The predicted octanol–water partition coefficient (Wildman–Crippen LogP) is 3.12. The molecular weight excluding hydrogens is 222 g/mol. The van der Waals surface area contributed by atoms with Crippen LogP contribution < -0.4 is 10.6 Å². The van der Waals surface area contributed by atoms with E-state index in [0.29, 0.717) is 5.41 Å². The van der Waals surface area contributed by atoms with Crippen LogP contribution in [0.4, 0.5) is 5.69 Å². The number of rotatable bonds is 3. The van der Waals surface area contributed by atoms with Crippen LogP contribution in [0.5, 0.6) is 0 Å². The van der Waals surface area contributed by atoms with Crippen LogP contribution in [-0.2, 0) is 0 Å². The lowest BCUT2D eigenvalue weighted by Gasteiger charge is -2.39. The average Bonchev–Trinajstić information content (AvgIpc) is 2.37. The fourth-order valence-electron chi connectivity index (χ4n) is 2.66. The molecule has 2 N–H and O–H groups in total. The van der Waals surface area contributed by atoms with Gasteiger partial charge in [0.2, 0.25) is 0 Å². The number of nitrogens with two attached hydrogens (primary N) is 1. The van der Waals surface area contributed by atoms with E-state index in [1.807, 2.05) is 6.20 Å². The van der Waals surface area contributed by atoms with Crippen molar-refractivity contribution in [3.05, 3.63) is 24.0 Å². The van der Waals surface area contributed by atoms with Crippen LogP contribution in [0, 0.1) is 5.41 Å². The molecule has 0 spiro atoms. The molecule has 0 radical (unpaired) electrons. The lowest BCUT2D eigenvalue weighted by Crippen LogP contribution is -2.40. The van der Waals surface area contributed by atoms with Crippen LogP contribution in [0.3, 0.4) is 0 Å². The van der Waals surface area contributed by atoms with Gasteiger partial charge >= 0.3 is 0 Å². The Hall–Kier alpha value is -1.09. The Kier molecular flexibility index (Phi) is 3.91. The lowest BCUT2D eigenvalue weighted by molar-refractivity contribution is 0.293. The van der Waals surface area contributed by atoms with Crippen molar-refractivity contribution in [3.8, 4) is 0 Å². The second-order valence-electron chi connectivity index (χ2n) is 6.15. The minimum Gasteiger partial charge on any atom is -0.370 e. The van der Waals surface area contributed by atoms with Crippen LogP contribution in [0.15, 0.2) is 18.3 Å². The summed E-state index contributed by atoms with van der Waals surface area (Å²) < 4.78 is 0. The average molecular weight is 247 g/mol. The maximum absolute atomic E-state index is 5.99. The fourth-order valence-corrected chi connectivity index (χ4v) is 2.66. The molecule has 3 nitrogen and oxygen atoms in total. The summed E-state index contributed by atoms with van der Waals surface area (Å²) in [6, 6.07) is 4.31. The van der Waals surface area contributed by atoms with E-state index in [-0.39, 0.29) is 6.04 Å². The van der Waals surface area contributed by atoms with E-state index >= 15 is 0 Å². The van der Waals surface area contributed by atoms with E-state index < -0.39 is 0 Å². The molecule has 0 aliphatic carbocycles. The molecule has 1 saturated heterocycles. The van der Waals surface area contributed by atoms with Crippen LogP contribution in [-0.4, -0.2) is 18.1 Å². The molecule has 1 fully saturated rings. The Morgan fingerprint density at radius 2 is 2.22 bits per heavy atom. The number of pyridine rings is 1. The quantitative estimate of drug-likeness (QED) is 0.892. The Labute approximate surface area is 110 Å². The molecule has 1 aromatic heterocycles. The summed E-state index contributed by atoms with van der Waals surface area (Å²) in [5.41, 5.74) is 8.63. The van der Waals surface area contributed by atoms with Crippen LogP contribution in [0.1, 0.15) is 51.8 Å². The molecule has 1 aliphatic rings. The second-order valence-corrected chi connectivity index (χ2v) is 6.15. The van der Waals surface area contributed by atoms with Gasteiger partial charge in [-0.2, -0.15) is 0 Å². The number of nitrogens with zero attached hydrogens (tertiary/aromatic N) is 2. The maximum Gasteiger partial charge on any atom is 0.0572 e. The van der Waals surface area contributed by atoms with Crippen molar-refractivity contribution in [2.24, 2.45) is 11.1 Å². The minimum absolute atomic E-state index is 0.0665. The van der Waals surface area contributed by atoms with Gasteiger partial charge in [0.15, 0.2) is 0 Å². The topological polar surface area (TPSA) is 42.1 Å². The van der Waals surface area contributed by atoms with Crippen molar-refractivity contribution < 1.29 is 0 Å². The molecule has 100 valence electrons. The number of anilines is 1. The van der Waals surface area contributed by atoms with Crippen molar-refractivity contribution in [2.75, 3.05) is 18.0 Å². The van der Waals surface area contributed by atoms with E-state index in [0.717, 1.165) is 25.2 Å². The molecule has 0 unspecified atom stereocenters. The molecule has 18 heavy (non-hydrogen) atoms. The third-order valence-corrected chi connectivity index (χ3v) is 3.86. The van der Waals surface area contributed by atoms with Gasteiger partial charge in [-0.25, -0.2) is 0 Å². The van der Waals surface area contributed by atoms with Crippen molar-refractivity contribution in [3.63, 3.8) is 0 Å². The van der Waals surface area contributed by atoms with Gasteiger partial charge in [0.05, 0.1) is 17.6 Å². The zero-order chi connectivity index (χ0) is 13.2. The van der Waals surface area contributed by atoms with Gasteiger partial charge in [-0.1, -0.05) is 20.8 Å². The Bertz CT molecular complexity index is 383. The standard InChI is InChI=1S/C15H25N3/c1-4-13(16)14-7-6-12(10-17-14)18-9-5-8-15(2,3)11-18/h6-7,10,13H,4-5,8-9,11,16H2,1-3H3/t13-/m0/s1. The van der Waals surface area contributed by atoms with E-state index in [2.05, 4.69) is 42.8 Å². The molecule has 1 atom stereocenters. The molecule has 1 aliphatic heterocycles. The van der Waals surface area contributed by atoms with Crippen LogP contribution in [0.2, 0.25) is 0 Å². The smallest absolute Gasteiger partial charge is 0.0572 e. The number of piperidine rings is 1. The first-order chi connectivity index (χ1) is 8.52. The molecule has 2 rings (SSSR count). The summed E-state index contributed by atoms with van der Waals surface area (Å²) in [4.78, 5) is 6.95. The lowest BCUT2D eigenvalue weighted by atomic mass is 9.84. The van der Waals surface area contributed by atoms with Crippen molar-refractivity contribution in [1.82, 2.24) is 4.98 Å². The summed E-state index contributed by atoms with van der Waals surface area (Å²) in [6.45, 7) is 9.04. The first-order valence-electron chi connectivity index (χ1n) is 6.98. The van der Waals surface area contributed by atoms with Gasteiger partial charge in [-0.05, 0) is 36.8 Å². The maximum atomic E-state index is 5.99. The van der Waals surface area contributed by atoms with E-state index in [4.69, 9.17) is 5.73 Å². The molecule has 0 amide bonds. The van der Waals surface area contributed by atoms with Gasteiger partial charge in [-0.3, -0.25) is 4.98 Å². The monoisotopic (exact) mass is 247 g/mol. The summed E-state index contributed by atoms with van der Waals surface area (Å²) in [5, 5.41) is 0. The number of aromatic nitrogens is 1. The van der Waals surface area contributed by atoms with Gasteiger partial charge in [-0.15, -0.1) is 0 Å². The normalized spacial score (nSPS) is 20.8. The van der Waals surface area contributed by atoms with Crippen molar-refractivity contribution in [1.29, 1.82) is 0 Å². The summed E-state index contributed by atoms with van der Waals surface area (Å²) >= 11 is 0. The summed E-state index contributed by atoms with van der Waals surface area (Å²) in [6.07, 6.45) is 5.49. The van der Waals surface area contributed by atoms with Gasteiger partial charge in [0.1, 0.15) is 0 Å². The summed E-state index contributed by atoms with van der Waals surface area (Å²) in [5.74, 6) is 0. The van der Waals surface area contributed by atoms with Gasteiger partial charge in [0.25, 0.3) is 0 Å². The van der Waals surface area contributed by atoms with Crippen LogP contribution >= 0.6 is 0 Å². The predicted molar refractivity (Wildman–Crippen MR) is 76.7 cm³/mol. The molecule has 1 aromatic rings. The zero-order valence-electron chi connectivity index (χ0n) is 11.8. The third-order valence-electron chi connectivity index (χ3n) is 3.86. The second kappa shape index (κ2) is 5.27. The molecule has 3 heteroatoms. The molecular formula is C15H25N3. The highest BCUT2D eigenvalue weighted by Gasteiger charge is 2.26. The third kappa shape index (κ3) is 3.02. The van der Waals surface area contributed by atoms with E-state index in [9.17, 15) is 0 Å². The Morgan fingerprint density at radius 1 is 1.44 bits per heavy atom. The SMILES string of the molecule is CC[C@H](N)c1ccc(N2CCCC(C)(C)C2)cn1. The Balaban J connectivity index is 2.09. The fraction of sp³-hybridized carbons (Fsp3) is 0.667. The summed E-state index contributed by atoms with van der Waals surface area (Å²) in [7, 11) is 0. The highest BCUT2D eigenvalue weighted by atomic mass is 15.1. The largest absolute Gasteiger partial charge is 0.370 e. The van der Waals surface area contributed by atoms with Gasteiger partial charge < -0.3 is 10.6 Å². The molecule has 0 bridgehead atoms. The van der Waals surface area contributed by atoms with Crippen molar-refractivity contribution >= 4 is 5.69 Å². The highest BCUT2D eigenvalue weighted by molar-refractivity contribution is 5.45.